The lowest BCUT2D eigenvalue weighted by atomic mass is 10.1. The highest BCUT2D eigenvalue weighted by Gasteiger charge is 2.23. The molecule has 0 radical (unpaired) electrons. The number of hydrogen-bond acceptors (Lipinski definition) is 5. The van der Waals surface area contributed by atoms with Crippen molar-refractivity contribution < 1.29 is 13.9 Å². The molecular weight excluding hydrogens is 347 g/mol. The van der Waals surface area contributed by atoms with Crippen LogP contribution in [0.1, 0.15) is 10.4 Å². The Hall–Kier alpha value is -2.80. The van der Waals surface area contributed by atoms with Crippen molar-refractivity contribution in [3.63, 3.8) is 0 Å². The minimum absolute atomic E-state index is 0.175. The molecule has 0 unspecified atom stereocenters. The Balaban J connectivity index is 1.72. The first-order valence-corrected chi connectivity index (χ1v) is 9.01. The van der Waals surface area contributed by atoms with Gasteiger partial charge in [-0.15, -0.1) is 0 Å². The summed E-state index contributed by atoms with van der Waals surface area (Å²) in [5.74, 6) is -0.387. The summed E-state index contributed by atoms with van der Waals surface area (Å²) in [5, 5.41) is 2.84. The Morgan fingerprint density at radius 3 is 2.44 bits per heavy atom. The van der Waals surface area contributed by atoms with Crippen LogP contribution in [0.25, 0.3) is 0 Å². The molecule has 1 aliphatic rings. The number of carbonyl (C=O) groups excluding carboxylic acids is 1. The van der Waals surface area contributed by atoms with Gasteiger partial charge in [0, 0.05) is 51.2 Å². The zero-order valence-electron chi connectivity index (χ0n) is 15.5. The Kier molecular flexibility index (Phi) is 6.13. The van der Waals surface area contributed by atoms with Crippen molar-refractivity contribution in [1.82, 2.24) is 5.32 Å². The molecule has 1 saturated heterocycles. The van der Waals surface area contributed by atoms with Gasteiger partial charge in [-0.2, -0.15) is 0 Å². The number of nitrogens with two attached hydrogens (primary N) is 1. The minimum atomic E-state index is -0.211. The monoisotopic (exact) mass is 372 g/mol. The first-order valence-electron chi connectivity index (χ1n) is 9.01. The van der Waals surface area contributed by atoms with Crippen LogP contribution < -0.4 is 20.9 Å². The number of hydrogen-bond donors (Lipinski definition) is 2. The summed E-state index contributed by atoms with van der Waals surface area (Å²) in [4.78, 5) is 16.7. The van der Waals surface area contributed by atoms with E-state index in [1.54, 1.807) is 31.4 Å². The fraction of sp³-hybridized carbons (Fsp3) is 0.350. The third kappa shape index (κ3) is 4.49. The SMILES string of the molecule is COCCNC(=O)c1cc(N)ccc1N1CCN(c2ccccc2F)CC1. The lowest BCUT2D eigenvalue weighted by molar-refractivity contribution is 0.0937. The molecule has 1 heterocycles. The molecule has 6 nitrogen and oxygen atoms in total. The van der Waals surface area contributed by atoms with Crippen molar-refractivity contribution in [1.29, 1.82) is 0 Å². The Morgan fingerprint density at radius 1 is 1.11 bits per heavy atom. The smallest absolute Gasteiger partial charge is 0.253 e. The zero-order valence-corrected chi connectivity index (χ0v) is 15.5. The first kappa shape index (κ1) is 19.0. The maximum atomic E-state index is 14.0. The van der Waals surface area contributed by atoms with Crippen LogP contribution in [0.5, 0.6) is 0 Å². The van der Waals surface area contributed by atoms with E-state index in [9.17, 15) is 9.18 Å². The molecule has 1 aliphatic heterocycles. The average Bonchev–Trinajstić information content (AvgIpc) is 2.69. The van der Waals surface area contributed by atoms with Crippen molar-refractivity contribution >= 4 is 23.0 Å². The number of para-hydroxylation sites is 1. The maximum Gasteiger partial charge on any atom is 0.253 e. The number of nitrogens with one attached hydrogen (secondary N) is 1. The highest BCUT2D eigenvalue weighted by molar-refractivity contribution is 6.00. The van der Waals surface area contributed by atoms with Gasteiger partial charge in [-0.05, 0) is 30.3 Å². The number of piperazine rings is 1. The predicted octanol–water partition coefficient (Wildman–Crippen LogP) is 2.11. The highest BCUT2D eigenvalue weighted by Crippen LogP contribution is 2.26. The third-order valence-electron chi connectivity index (χ3n) is 4.67. The molecule has 0 aromatic heterocycles. The van der Waals surface area contributed by atoms with Crippen LogP contribution in [0.4, 0.5) is 21.5 Å². The lowest BCUT2D eigenvalue weighted by Crippen LogP contribution is -2.47. The van der Waals surface area contributed by atoms with Crippen LogP contribution in [0, 0.1) is 5.82 Å². The second-order valence-corrected chi connectivity index (χ2v) is 6.45. The number of nitrogens with zero attached hydrogens (tertiary/aromatic N) is 2. The van der Waals surface area contributed by atoms with Crippen LogP contribution in [-0.4, -0.2) is 52.3 Å². The molecular formula is C20H25FN4O2. The number of halogens is 1. The van der Waals surface area contributed by atoms with E-state index in [2.05, 4.69) is 10.2 Å². The third-order valence-corrected chi connectivity index (χ3v) is 4.67. The van der Waals surface area contributed by atoms with Crippen LogP contribution in [0.15, 0.2) is 42.5 Å². The zero-order chi connectivity index (χ0) is 19.2. The van der Waals surface area contributed by atoms with Gasteiger partial charge in [-0.25, -0.2) is 4.39 Å². The average molecular weight is 372 g/mol. The molecule has 0 bridgehead atoms. The number of carbonyl (C=O) groups is 1. The molecule has 7 heteroatoms. The van der Waals surface area contributed by atoms with Crippen LogP contribution in [-0.2, 0) is 4.74 Å². The van der Waals surface area contributed by atoms with Crippen molar-refractivity contribution in [3.8, 4) is 0 Å². The maximum absolute atomic E-state index is 14.0. The van der Waals surface area contributed by atoms with E-state index in [0.29, 0.717) is 56.3 Å². The normalized spacial score (nSPS) is 14.3. The second-order valence-electron chi connectivity index (χ2n) is 6.45. The number of anilines is 3. The van der Waals surface area contributed by atoms with Gasteiger partial charge in [0.2, 0.25) is 0 Å². The predicted molar refractivity (Wildman–Crippen MR) is 106 cm³/mol. The fourth-order valence-corrected chi connectivity index (χ4v) is 3.27. The summed E-state index contributed by atoms with van der Waals surface area (Å²) >= 11 is 0. The molecule has 2 aromatic carbocycles. The molecule has 3 rings (SSSR count). The number of nitrogen functional groups attached to an aromatic ring is 1. The molecule has 1 fully saturated rings. The summed E-state index contributed by atoms with van der Waals surface area (Å²) in [6.07, 6.45) is 0. The summed E-state index contributed by atoms with van der Waals surface area (Å²) in [6.45, 7) is 3.62. The largest absolute Gasteiger partial charge is 0.399 e. The highest BCUT2D eigenvalue weighted by atomic mass is 19.1. The Bertz CT molecular complexity index is 791. The number of ether oxygens (including phenoxy) is 1. The molecule has 144 valence electrons. The van der Waals surface area contributed by atoms with Gasteiger partial charge in [0.25, 0.3) is 5.91 Å². The van der Waals surface area contributed by atoms with Gasteiger partial charge >= 0.3 is 0 Å². The molecule has 1 amide bonds. The Morgan fingerprint density at radius 2 is 1.78 bits per heavy atom. The molecule has 27 heavy (non-hydrogen) atoms. The quantitative estimate of drug-likeness (QED) is 0.600. The van der Waals surface area contributed by atoms with E-state index in [-0.39, 0.29) is 11.7 Å². The minimum Gasteiger partial charge on any atom is -0.399 e. The van der Waals surface area contributed by atoms with Gasteiger partial charge in [-0.1, -0.05) is 12.1 Å². The van der Waals surface area contributed by atoms with Crippen molar-refractivity contribution in [2.45, 2.75) is 0 Å². The molecule has 0 atom stereocenters. The van der Waals surface area contributed by atoms with Gasteiger partial charge in [0.15, 0.2) is 0 Å². The van der Waals surface area contributed by atoms with Gasteiger partial charge in [0.05, 0.1) is 17.9 Å². The number of benzene rings is 2. The van der Waals surface area contributed by atoms with Crippen molar-refractivity contribution in [2.24, 2.45) is 0 Å². The topological polar surface area (TPSA) is 70.8 Å². The van der Waals surface area contributed by atoms with E-state index in [1.807, 2.05) is 17.0 Å². The summed E-state index contributed by atoms with van der Waals surface area (Å²) in [7, 11) is 1.59. The van der Waals surface area contributed by atoms with E-state index in [1.165, 1.54) is 6.07 Å². The summed E-state index contributed by atoms with van der Waals surface area (Å²) in [5.41, 5.74) is 8.44. The number of amides is 1. The van der Waals surface area contributed by atoms with E-state index in [0.717, 1.165) is 5.69 Å². The molecule has 0 aliphatic carbocycles. The van der Waals surface area contributed by atoms with Crippen molar-refractivity contribution in [2.75, 3.05) is 62.0 Å². The van der Waals surface area contributed by atoms with Crippen LogP contribution >= 0.6 is 0 Å². The fourth-order valence-electron chi connectivity index (χ4n) is 3.27. The van der Waals surface area contributed by atoms with E-state index < -0.39 is 0 Å². The lowest BCUT2D eigenvalue weighted by Gasteiger charge is -2.38. The van der Waals surface area contributed by atoms with Gasteiger partial charge in [0.1, 0.15) is 5.82 Å². The second kappa shape index (κ2) is 8.73. The van der Waals surface area contributed by atoms with E-state index in [4.69, 9.17) is 10.5 Å². The summed E-state index contributed by atoms with van der Waals surface area (Å²) in [6, 6.07) is 12.2. The van der Waals surface area contributed by atoms with Gasteiger partial charge < -0.3 is 25.6 Å². The molecule has 2 aromatic rings. The van der Waals surface area contributed by atoms with Crippen LogP contribution in [0.3, 0.4) is 0 Å². The Labute approximate surface area is 158 Å². The standard InChI is InChI=1S/C20H25FN4O2/c1-27-13-8-23-20(26)16-14-15(22)6-7-18(16)24-9-11-25(12-10-24)19-5-3-2-4-17(19)21/h2-7,14H,8-13,22H2,1H3,(H,23,26). The molecule has 0 saturated carbocycles. The van der Waals surface area contributed by atoms with Crippen molar-refractivity contribution in [3.05, 3.63) is 53.8 Å². The number of rotatable bonds is 6. The van der Waals surface area contributed by atoms with Crippen LogP contribution in [0.2, 0.25) is 0 Å². The summed E-state index contributed by atoms with van der Waals surface area (Å²) < 4.78 is 19.0. The van der Waals surface area contributed by atoms with Gasteiger partial charge in [-0.3, -0.25) is 4.79 Å². The first-order chi connectivity index (χ1) is 13.1. The molecule has 0 spiro atoms. The molecule has 3 N–H and O–H groups in total. The number of methoxy groups -OCH3 is 1. The van der Waals surface area contributed by atoms with E-state index >= 15 is 0 Å².